The van der Waals surface area contributed by atoms with E-state index in [9.17, 15) is 4.79 Å². The van der Waals surface area contributed by atoms with Gasteiger partial charge in [0.1, 0.15) is 0 Å². The molecule has 17 heavy (non-hydrogen) atoms. The lowest BCUT2D eigenvalue weighted by Gasteiger charge is -2.15. The van der Waals surface area contributed by atoms with E-state index in [4.69, 9.17) is 11.6 Å². The van der Waals surface area contributed by atoms with E-state index < -0.39 is 0 Å². The highest BCUT2D eigenvalue weighted by atomic mass is 35.5. The summed E-state index contributed by atoms with van der Waals surface area (Å²) in [6.45, 7) is 3.53. The molecule has 4 heteroatoms. The molecule has 0 aliphatic carbocycles. The lowest BCUT2D eigenvalue weighted by Crippen LogP contribution is -2.27. The fraction of sp³-hybridized carbons (Fsp3) is 0.538. The normalized spacial score (nSPS) is 20.0. The number of halogens is 1. The third kappa shape index (κ3) is 3.19. The van der Waals surface area contributed by atoms with Crippen LogP contribution in [0.2, 0.25) is 0 Å². The molecule has 0 radical (unpaired) electrons. The van der Waals surface area contributed by atoms with Crippen molar-refractivity contribution in [3.05, 3.63) is 29.6 Å². The summed E-state index contributed by atoms with van der Waals surface area (Å²) in [5.74, 6) is 1.13. The zero-order chi connectivity index (χ0) is 12.3. The molecule has 2 heterocycles. The first kappa shape index (κ1) is 12.4. The molecule has 0 saturated carbocycles. The number of pyridine rings is 1. The first-order valence-electron chi connectivity index (χ1n) is 5.95. The quantitative estimate of drug-likeness (QED) is 0.769. The van der Waals surface area contributed by atoms with E-state index in [0.29, 0.717) is 18.2 Å². The Morgan fingerprint density at radius 1 is 1.53 bits per heavy atom. The van der Waals surface area contributed by atoms with Gasteiger partial charge in [-0.25, -0.2) is 0 Å². The van der Waals surface area contributed by atoms with Crippen LogP contribution in [-0.2, 0) is 11.2 Å². The molecule has 1 atom stereocenters. The Kier molecular flexibility index (Phi) is 4.00. The van der Waals surface area contributed by atoms with Crippen molar-refractivity contribution in [1.82, 2.24) is 9.88 Å². The molecular weight excluding hydrogens is 236 g/mol. The molecule has 1 aliphatic heterocycles. The Labute approximate surface area is 107 Å². The number of nitrogens with zero attached hydrogens (tertiary/aromatic N) is 2. The number of rotatable bonds is 4. The van der Waals surface area contributed by atoms with Crippen molar-refractivity contribution in [3.8, 4) is 0 Å². The van der Waals surface area contributed by atoms with Gasteiger partial charge in [-0.2, -0.15) is 0 Å². The molecule has 1 aromatic rings. The molecule has 1 aliphatic rings. The van der Waals surface area contributed by atoms with Gasteiger partial charge >= 0.3 is 0 Å². The predicted octanol–water partition coefficient (Wildman–Crippen LogP) is 2.02. The van der Waals surface area contributed by atoms with Gasteiger partial charge in [-0.1, -0.05) is 6.07 Å². The molecule has 3 nitrogen and oxygen atoms in total. The van der Waals surface area contributed by atoms with Gasteiger partial charge in [0.2, 0.25) is 5.91 Å². The summed E-state index contributed by atoms with van der Waals surface area (Å²) in [6.07, 6.45) is 1.42. The van der Waals surface area contributed by atoms with Crippen LogP contribution in [0.1, 0.15) is 17.8 Å². The third-order valence-electron chi connectivity index (χ3n) is 3.10. The van der Waals surface area contributed by atoms with E-state index in [-0.39, 0.29) is 5.91 Å². The van der Waals surface area contributed by atoms with Crippen LogP contribution in [0.15, 0.2) is 18.2 Å². The number of amides is 1. The summed E-state index contributed by atoms with van der Waals surface area (Å²) in [5.41, 5.74) is 2.07. The molecule has 0 spiro atoms. The van der Waals surface area contributed by atoms with Crippen LogP contribution in [0.3, 0.4) is 0 Å². The van der Waals surface area contributed by atoms with Gasteiger partial charge in [-0.05, 0) is 25.0 Å². The monoisotopic (exact) mass is 252 g/mol. The highest BCUT2D eigenvalue weighted by Gasteiger charge is 2.28. The molecule has 1 fully saturated rings. The largest absolute Gasteiger partial charge is 0.342 e. The summed E-state index contributed by atoms with van der Waals surface area (Å²) in [7, 11) is 0. The number of carbonyl (C=O) groups is 1. The van der Waals surface area contributed by atoms with E-state index in [1.54, 1.807) is 0 Å². The minimum Gasteiger partial charge on any atom is -0.342 e. The molecule has 92 valence electrons. The molecule has 0 bridgehead atoms. The van der Waals surface area contributed by atoms with E-state index in [2.05, 4.69) is 4.98 Å². The summed E-state index contributed by atoms with van der Waals surface area (Å²) in [5, 5.41) is 0. The zero-order valence-electron chi connectivity index (χ0n) is 10.0. The van der Waals surface area contributed by atoms with Crippen LogP contribution in [0.5, 0.6) is 0 Å². The Balaban J connectivity index is 1.88. The maximum absolute atomic E-state index is 11.7. The van der Waals surface area contributed by atoms with Gasteiger partial charge in [0.15, 0.2) is 0 Å². The molecule has 1 amide bonds. The van der Waals surface area contributed by atoms with Crippen LogP contribution in [0, 0.1) is 12.8 Å². The van der Waals surface area contributed by atoms with Crippen molar-refractivity contribution in [2.75, 3.05) is 19.0 Å². The second-order valence-electron chi connectivity index (χ2n) is 4.58. The van der Waals surface area contributed by atoms with Gasteiger partial charge in [0, 0.05) is 43.2 Å². The fourth-order valence-corrected chi connectivity index (χ4v) is 2.37. The molecule has 2 rings (SSSR count). The number of likely N-dealkylation sites (tertiary alicyclic amines) is 1. The summed E-state index contributed by atoms with van der Waals surface area (Å²) in [4.78, 5) is 18.0. The van der Waals surface area contributed by atoms with Crippen LogP contribution < -0.4 is 0 Å². The van der Waals surface area contributed by atoms with Crippen molar-refractivity contribution in [2.24, 2.45) is 5.92 Å². The molecule has 0 N–H and O–H groups in total. The van der Waals surface area contributed by atoms with E-state index >= 15 is 0 Å². The smallest absolute Gasteiger partial charge is 0.222 e. The molecular formula is C13H17ClN2O. The number of aryl methyl sites for hydroxylation is 1. The first-order valence-corrected chi connectivity index (χ1v) is 6.49. The highest BCUT2D eigenvalue weighted by molar-refractivity contribution is 6.18. The molecule has 1 aromatic heterocycles. The van der Waals surface area contributed by atoms with Crippen LogP contribution in [0.4, 0.5) is 0 Å². The Hall–Kier alpha value is -1.09. The minimum absolute atomic E-state index is 0.225. The number of aromatic nitrogens is 1. The van der Waals surface area contributed by atoms with Gasteiger partial charge in [-0.3, -0.25) is 9.78 Å². The van der Waals surface area contributed by atoms with Crippen LogP contribution in [-0.4, -0.2) is 34.8 Å². The van der Waals surface area contributed by atoms with E-state index in [1.165, 1.54) is 0 Å². The SMILES string of the molecule is Cc1cccc(CCN2CC(CCl)CC2=O)n1. The highest BCUT2D eigenvalue weighted by Crippen LogP contribution is 2.19. The summed E-state index contributed by atoms with van der Waals surface area (Å²) in [6, 6.07) is 5.99. The average molecular weight is 253 g/mol. The van der Waals surface area contributed by atoms with E-state index in [1.807, 2.05) is 30.0 Å². The van der Waals surface area contributed by atoms with Gasteiger partial charge in [-0.15, -0.1) is 11.6 Å². The topological polar surface area (TPSA) is 33.2 Å². The van der Waals surface area contributed by atoms with Crippen molar-refractivity contribution < 1.29 is 4.79 Å². The average Bonchev–Trinajstić information content (AvgIpc) is 2.68. The fourth-order valence-electron chi connectivity index (χ4n) is 2.16. The van der Waals surface area contributed by atoms with Crippen LogP contribution >= 0.6 is 11.6 Å². The molecule has 0 aromatic carbocycles. The standard InChI is InChI=1S/C13H17ClN2O/c1-10-3-2-4-12(15-10)5-6-16-9-11(8-14)7-13(16)17/h2-4,11H,5-9H2,1H3. The van der Waals surface area contributed by atoms with Gasteiger partial charge in [0.25, 0.3) is 0 Å². The second-order valence-corrected chi connectivity index (χ2v) is 4.89. The van der Waals surface area contributed by atoms with Crippen LogP contribution in [0.25, 0.3) is 0 Å². The van der Waals surface area contributed by atoms with Crippen molar-refractivity contribution in [3.63, 3.8) is 0 Å². The maximum atomic E-state index is 11.7. The predicted molar refractivity (Wildman–Crippen MR) is 68.1 cm³/mol. The number of alkyl halides is 1. The number of carbonyl (C=O) groups excluding carboxylic acids is 1. The number of hydrogen-bond acceptors (Lipinski definition) is 2. The third-order valence-corrected chi connectivity index (χ3v) is 3.53. The molecule has 1 unspecified atom stereocenters. The Morgan fingerprint density at radius 3 is 3.00 bits per heavy atom. The van der Waals surface area contributed by atoms with Crippen molar-refractivity contribution in [2.45, 2.75) is 19.8 Å². The van der Waals surface area contributed by atoms with Crippen molar-refractivity contribution >= 4 is 17.5 Å². The lowest BCUT2D eigenvalue weighted by atomic mass is 10.1. The second kappa shape index (κ2) is 5.50. The van der Waals surface area contributed by atoms with Crippen molar-refractivity contribution in [1.29, 1.82) is 0 Å². The Morgan fingerprint density at radius 2 is 2.35 bits per heavy atom. The van der Waals surface area contributed by atoms with Gasteiger partial charge < -0.3 is 4.90 Å². The Bertz CT molecular complexity index is 408. The minimum atomic E-state index is 0.225. The zero-order valence-corrected chi connectivity index (χ0v) is 10.8. The summed E-state index contributed by atoms with van der Waals surface area (Å²) >= 11 is 5.79. The number of hydrogen-bond donors (Lipinski definition) is 0. The summed E-state index contributed by atoms with van der Waals surface area (Å²) < 4.78 is 0. The van der Waals surface area contributed by atoms with Gasteiger partial charge in [0.05, 0.1) is 0 Å². The molecule has 1 saturated heterocycles. The first-order chi connectivity index (χ1) is 8.19. The van der Waals surface area contributed by atoms with E-state index in [0.717, 1.165) is 30.9 Å². The maximum Gasteiger partial charge on any atom is 0.222 e. The lowest BCUT2D eigenvalue weighted by molar-refractivity contribution is -0.127.